The van der Waals surface area contributed by atoms with Gasteiger partial charge in [-0.25, -0.2) is 9.97 Å². The van der Waals surface area contributed by atoms with Gasteiger partial charge in [0.1, 0.15) is 0 Å². The van der Waals surface area contributed by atoms with E-state index in [2.05, 4.69) is 22.0 Å². The molecule has 2 N–H and O–H groups in total. The summed E-state index contributed by atoms with van der Waals surface area (Å²) >= 11 is 0. The minimum absolute atomic E-state index is 0.0563. The predicted molar refractivity (Wildman–Crippen MR) is 91.1 cm³/mol. The first kappa shape index (κ1) is 14.0. The third-order valence-electron chi connectivity index (χ3n) is 4.39. The number of hydrogen-bond donors (Lipinski definition) is 2. The van der Waals surface area contributed by atoms with E-state index in [4.69, 9.17) is 0 Å². The second-order valence-corrected chi connectivity index (χ2v) is 5.76. The number of benzene rings is 1. The van der Waals surface area contributed by atoms with Crippen LogP contribution in [0.25, 0.3) is 33.2 Å². The fourth-order valence-electron chi connectivity index (χ4n) is 3.17. The quantitative estimate of drug-likeness (QED) is 0.611. The molecular formula is C18H18N4O. The molecule has 116 valence electrons. The maximum Gasteiger partial charge on any atom is 0.161 e. The molecule has 3 heterocycles. The van der Waals surface area contributed by atoms with Crippen LogP contribution >= 0.6 is 0 Å². The van der Waals surface area contributed by atoms with Gasteiger partial charge < -0.3 is 5.11 Å². The van der Waals surface area contributed by atoms with Crippen LogP contribution in [0.5, 0.6) is 0 Å². The summed E-state index contributed by atoms with van der Waals surface area (Å²) in [7, 11) is 2.01. The van der Waals surface area contributed by atoms with Crippen LogP contribution in [-0.4, -0.2) is 24.9 Å². The Balaban J connectivity index is 2.01. The van der Waals surface area contributed by atoms with Gasteiger partial charge in [0.05, 0.1) is 17.8 Å². The summed E-state index contributed by atoms with van der Waals surface area (Å²) in [6.45, 7) is 2.19. The van der Waals surface area contributed by atoms with E-state index in [1.54, 1.807) is 0 Å². The smallest absolute Gasteiger partial charge is 0.161 e. The predicted octanol–water partition coefficient (Wildman–Crippen LogP) is 3.17. The molecule has 0 fully saturated rings. The van der Waals surface area contributed by atoms with Gasteiger partial charge in [0.25, 0.3) is 0 Å². The highest BCUT2D eigenvalue weighted by atomic mass is 16.3. The zero-order chi connectivity index (χ0) is 16.0. The number of aliphatic hydroxyl groups excluding tert-OH is 1. The normalized spacial score (nSPS) is 11.6. The van der Waals surface area contributed by atoms with E-state index in [1.807, 2.05) is 48.4 Å². The van der Waals surface area contributed by atoms with Crippen LogP contribution in [0.3, 0.4) is 0 Å². The van der Waals surface area contributed by atoms with Gasteiger partial charge in [-0.2, -0.15) is 0 Å². The molecule has 3 aromatic heterocycles. The van der Waals surface area contributed by atoms with E-state index in [9.17, 15) is 5.11 Å². The zero-order valence-corrected chi connectivity index (χ0v) is 13.2. The van der Waals surface area contributed by atoms with Crippen LogP contribution in [0.2, 0.25) is 0 Å². The number of nitrogens with one attached hydrogen (secondary N) is 1. The molecule has 0 aliphatic heterocycles. The second-order valence-electron chi connectivity index (χ2n) is 5.76. The molecule has 0 saturated heterocycles. The summed E-state index contributed by atoms with van der Waals surface area (Å²) in [6, 6.07) is 7.92. The summed E-state index contributed by atoms with van der Waals surface area (Å²) < 4.78 is 2.04. The molecule has 0 aliphatic rings. The number of fused-ring (bicyclic) bond motifs is 3. The van der Waals surface area contributed by atoms with Crippen molar-refractivity contribution in [1.29, 1.82) is 0 Å². The van der Waals surface area contributed by atoms with Crippen molar-refractivity contribution in [2.45, 2.75) is 20.0 Å². The van der Waals surface area contributed by atoms with Gasteiger partial charge in [-0.15, -0.1) is 0 Å². The van der Waals surface area contributed by atoms with Crippen LogP contribution in [0.1, 0.15) is 18.1 Å². The maximum atomic E-state index is 9.20. The molecule has 0 unspecified atom stereocenters. The number of pyridine rings is 1. The molecule has 0 amide bonds. The van der Waals surface area contributed by atoms with Gasteiger partial charge >= 0.3 is 0 Å². The van der Waals surface area contributed by atoms with Crippen molar-refractivity contribution in [2.24, 2.45) is 7.05 Å². The third-order valence-corrected chi connectivity index (χ3v) is 4.39. The topological polar surface area (TPSA) is 66.7 Å². The summed E-state index contributed by atoms with van der Waals surface area (Å²) in [5, 5.41) is 14.8. The molecule has 0 atom stereocenters. The molecular weight excluding hydrogens is 288 g/mol. The number of aromatic amines is 1. The fraction of sp³-hybridized carbons (Fsp3) is 0.222. The highest BCUT2D eigenvalue weighted by Crippen LogP contribution is 2.33. The molecule has 1 aromatic carbocycles. The van der Waals surface area contributed by atoms with E-state index >= 15 is 0 Å². The minimum atomic E-state index is 0.0563. The summed E-state index contributed by atoms with van der Waals surface area (Å²) in [4.78, 5) is 8.95. The number of aryl methyl sites for hydroxylation is 2. The van der Waals surface area contributed by atoms with Gasteiger partial charge in [-0.1, -0.05) is 31.2 Å². The monoisotopic (exact) mass is 306 g/mol. The van der Waals surface area contributed by atoms with Crippen LogP contribution in [0.15, 0.2) is 36.7 Å². The van der Waals surface area contributed by atoms with Crippen LogP contribution in [0.4, 0.5) is 0 Å². The first-order chi connectivity index (χ1) is 11.2. The first-order valence-corrected chi connectivity index (χ1v) is 7.74. The lowest BCUT2D eigenvalue weighted by Gasteiger charge is -2.01. The molecule has 0 saturated carbocycles. The van der Waals surface area contributed by atoms with Gasteiger partial charge in [0, 0.05) is 35.8 Å². The number of hydrogen-bond acceptors (Lipinski definition) is 3. The van der Waals surface area contributed by atoms with Crippen molar-refractivity contribution in [3.05, 3.63) is 47.8 Å². The molecule has 0 spiro atoms. The Hall–Kier alpha value is -2.66. The van der Waals surface area contributed by atoms with Crippen molar-refractivity contribution < 1.29 is 5.11 Å². The lowest BCUT2D eigenvalue weighted by molar-refractivity contribution is 0.282. The second kappa shape index (κ2) is 5.21. The Morgan fingerprint density at radius 2 is 1.87 bits per heavy atom. The molecule has 5 nitrogen and oxygen atoms in total. The lowest BCUT2D eigenvalue weighted by atomic mass is 10.1. The fourth-order valence-corrected chi connectivity index (χ4v) is 3.17. The molecule has 0 bridgehead atoms. The van der Waals surface area contributed by atoms with E-state index in [0.717, 1.165) is 45.2 Å². The van der Waals surface area contributed by atoms with Crippen LogP contribution < -0.4 is 0 Å². The average molecular weight is 306 g/mol. The average Bonchev–Trinajstić information content (AvgIpc) is 3.15. The third kappa shape index (κ3) is 2.04. The van der Waals surface area contributed by atoms with E-state index in [1.165, 1.54) is 5.56 Å². The highest BCUT2D eigenvalue weighted by Gasteiger charge is 2.16. The minimum Gasteiger partial charge on any atom is -0.392 e. The zero-order valence-electron chi connectivity index (χ0n) is 13.2. The van der Waals surface area contributed by atoms with Gasteiger partial charge in [-0.05, 0) is 17.5 Å². The maximum absolute atomic E-state index is 9.20. The van der Waals surface area contributed by atoms with Gasteiger partial charge in [-0.3, -0.25) is 9.78 Å². The standard InChI is InChI=1S/C18H18N4O/c1-3-12-8-19-18-15(12)17-14(9-20-18)16(21-22(17)2)13-6-4-11(10-23)5-7-13/h4-9,21,23H,3,10H2,1-2H3. The Morgan fingerprint density at radius 3 is 2.57 bits per heavy atom. The highest BCUT2D eigenvalue weighted by molar-refractivity contribution is 6.08. The van der Waals surface area contributed by atoms with E-state index in [-0.39, 0.29) is 6.61 Å². The number of H-pyrrole nitrogens is 1. The summed E-state index contributed by atoms with van der Waals surface area (Å²) in [5.41, 5.74) is 6.16. The number of aliphatic hydroxyl groups is 1. The summed E-state index contributed by atoms with van der Waals surface area (Å²) in [5.74, 6) is 0. The van der Waals surface area contributed by atoms with E-state index in [0.29, 0.717) is 0 Å². The van der Waals surface area contributed by atoms with E-state index < -0.39 is 0 Å². The molecule has 0 radical (unpaired) electrons. The van der Waals surface area contributed by atoms with Crippen molar-refractivity contribution in [1.82, 2.24) is 19.7 Å². The number of rotatable bonds is 3. The molecule has 0 aliphatic carbocycles. The van der Waals surface area contributed by atoms with Crippen molar-refractivity contribution >= 4 is 21.9 Å². The summed E-state index contributed by atoms with van der Waals surface area (Å²) in [6.07, 6.45) is 4.73. The van der Waals surface area contributed by atoms with Crippen LogP contribution in [0, 0.1) is 0 Å². The number of nitrogens with zero attached hydrogens (tertiary/aromatic N) is 3. The molecule has 23 heavy (non-hydrogen) atoms. The molecule has 5 heteroatoms. The lowest BCUT2D eigenvalue weighted by Crippen LogP contribution is -1.92. The Labute approximate surface area is 133 Å². The van der Waals surface area contributed by atoms with Gasteiger partial charge in [0.2, 0.25) is 0 Å². The first-order valence-electron chi connectivity index (χ1n) is 7.74. The van der Waals surface area contributed by atoms with Crippen LogP contribution in [-0.2, 0) is 20.1 Å². The Kier molecular flexibility index (Phi) is 3.16. The Morgan fingerprint density at radius 1 is 1.13 bits per heavy atom. The Bertz CT molecular complexity index is 995. The largest absolute Gasteiger partial charge is 0.392 e. The van der Waals surface area contributed by atoms with Crippen molar-refractivity contribution in [3.63, 3.8) is 0 Å². The molecule has 4 aromatic rings. The molecule has 4 rings (SSSR count). The number of aromatic nitrogens is 4. The van der Waals surface area contributed by atoms with Gasteiger partial charge in [0.15, 0.2) is 5.65 Å². The van der Waals surface area contributed by atoms with Crippen molar-refractivity contribution in [2.75, 3.05) is 0 Å². The SMILES string of the molecule is CCc1cnc2ncc3c(-c4ccc(CO)cc4)[nH]n(C)c3c12. The van der Waals surface area contributed by atoms with Crippen molar-refractivity contribution in [3.8, 4) is 11.3 Å².